The molecule has 2 aromatic carbocycles. The molecule has 2 aromatic rings. The third-order valence-electron chi connectivity index (χ3n) is 5.36. The first-order valence-electron chi connectivity index (χ1n) is 11.3. The molecule has 1 atom stereocenters. The fourth-order valence-electron chi connectivity index (χ4n) is 3.48. The number of carbonyl (C=O) groups is 2. The van der Waals surface area contributed by atoms with Gasteiger partial charge in [0.25, 0.3) is 0 Å². The minimum atomic E-state index is -3.91. The monoisotopic (exact) mass is 573 g/mol. The standard InChI is InChI=1S/C25H33Cl2N3O6S/c1-16(24(32)28-25(2,3)4)29(14-17-8-9-18(26)12-20(17)27)23(31)15-30(37(7,33)34)19-10-11-21(35-5)22(13-19)36-6/h8-13,16H,14-15H2,1-7H3,(H,28,32)/t16-/m0/s1. The number of amides is 2. The van der Waals surface area contributed by atoms with E-state index < -0.39 is 40.0 Å². The average Bonchev–Trinajstić information content (AvgIpc) is 2.79. The second kappa shape index (κ2) is 12.2. The SMILES string of the molecule is COc1ccc(N(CC(=O)N(Cc2ccc(Cl)cc2Cl)[C@@H](C)C(=O)NC(C)(C)C)S(C)(=O)=O)cc1OC. The van der Waals surface area contributed by atoms with E-state index in [2.05, 4.69) is 5.32 Å². The van der Waals surface area contributed by atoms with E-state index in [1.54, 1.807) is 25.1 Å². The highest BCUT2D eigenvalue weighted by molar-refractivity contribution is 7.92. The van der Waals surface area contributed by atoms with Crippen LogP contribution < -0.4 is 19.1 Å². The van der Waals surface area contributed by atoms with Crippen LogP contribution in [0.5, 0.6) is 11.5 Å². The minimum absolute atomic E-state index is 0.0445. The Morgan fingerprint density at radius 2 is 1.65 bits per heavy atom. The summed E-state index contributed by atoms with van der Waals surface area (Å²) in [5, 5.41) is 3.59. The van der Waals surface area contributed by atoms with Crippen molar-refractivity contribution in [3.8, 4) is 11.5 Å². The highest BCUT2D eigenvalue weighted by atomic mass is 35.5. The summed E-state index contributed by atoms with van der Waals surface area (Å²) in [6.07, 6.45) is 0.993. The van der Waals surface area contributed by atoms with E-state index in [0.29, 0.717) is 27.1 Å². The fraction of sp³-hybridized carbons (Fsp3) is 0.440. The summed E-state index contributed by atoms with van der Waals surface area (Å²) in [6.45, 7) is 6.43. The van der Waals surface area contributed by atoms with Gasteiger partial charge in [0.15, 0.2) is 11.5 Å². The normalized spacial score (nSPS) is 12.5. The Morgan fingerprint density at radius 1 is 1.03 bits per heavy atom. The molecule has 0 radical (unpaired) electrons. The Labute approximate surface area is 228 Å². The van der Waals surface area contributed by atoms with Gasteiger partial charge >= 0.3 is 0 Å². The summed E-state index contributed by atoms with van der Waals surface area (Å²) in [7, 11) is -1.03. The van der Waals surface area contributed by atoms with Gasteiger partial charge in [-0.3, -0.25) is 13.9 Å². The number of hydrogen-bond donors (Lipinski definition) is 1. The molecular weight excluding hydrogens is 541 g/mol. The van der Waals surface area contributed by atoms with Crippen LogP contribution in [-0.2, 0) is 26.2 Å². The van der Waals surface area contributed by atoms with Crippen LogP contribution in [0.15, 0.2) is 36.4 Å². The predicted octanol–water partition coefficient (Wildman–Crippen LogP) is 4.11. The topological polar surface area (TPSA) is 105 Å². The van der Waals surface area contributed by atoms with Crippen molar-refractivity contribution >= 4 is 50.7 Å². The van der Waals surface area contributed by atoms with Crippen LogP contribution >= 0.6 is 23.2 Å². The number of rotatable bonds is 10. The minimum Gasteiger partial charge on any atom is -0.493 e. The van der Waals surface area contributed by atoms with Crippen molar-refractivity contribution in [1.82, 2.24) is 10.2 Å². The Balaban J connectivity index is 2.49. The molecule has 0 aliphatic heterocycles. The Kier molecular flexibility index (Phi) is 10.1. The maximum atomic E-state index is 13.7. The van der Waals surface area contributed by atoms with Crippen LogP contribution in [0.4, 0.5) is 5.69 Å². The first-order chi connectivity index (χ1) is 17.1. The largest absolute Gasteiger partial charge is 0.493 e. The zero-order valence-corrected chi connectivity index (χ0v) is 24.3. The van der Waals surface area contributed by atoms with Crippen molar-refractivity contribution in [3.05, 3.63) is 52.0 Å². The molecule has 0 aliphatic carbocycles. The summed E-state index contributed by atoms with van der Waals surface area (Å²) >= 11 is 12.4. The van der Waals surface area contributed by atoms with E-state index in [1.807, 2.05) is 20.8 Å². The zero-order valence-electron chi connectivity index (χ0n) is 22.0. The van der Waals surface area contributed by atoms with Crippen LogP contribution in [0.1, 0.15) is 33.3 Å². The highest BCUT2D eigenvalue weighted by Gasteiger charge is 2.32. The first kappa shape index (κ1) is 30.5. The molecule has 0 heterocycles. The van der Waals surface area contributed by atoms with Gasteiger partial charge in [-0.25, -0.2) is 8.42 Å². The fourth-order valence-corrected chi connectivity index (χ4v) is 4.79. The lowest BCUT2D eigenvalue weighted by molar-refractivity contribution is -0.140. The number of nitrogens with zero attached hydrogens (tertiary/aromatic N) is 2. The van der Waals surface area contributed by atoms with E-state index in [9.17, 15) is 18.0 Å². The van der Waals surface area contributed by atoms with Crippen molar-refractivity contribution in [1.29, 1.82) is 0 Å². The molecule has 1 N–H and O–H groups in total. The van der Waals surface area contributed by atoms with Gasteiger partial charge < -0.3 is 19.7 Å². The number of carbonyl (C=O) groups excluding carboxylic acids is 2. The number of ether oxygens (including phenoxy) is 2. The van der Waals surface area contributed by atoms with Gasteiger partial charge in [-0.15, -0.1) is 0 Å². The molecular formula is C25H33Cl2N3O6S. The van der Waals surface area contributed by atoms with Gasteiger partial charge in [0.1, 0.15) is 12.6 Å². The van der Waals surface area contributed by atoms with Crippen LogP contribution in [0.2, 0.25) is 10.0 Å². The van der Waals surface area contributed by atoms with Gasteiger partial charge in [0.05, 0.1) is 26.2 Å². The summed E-state index contributed by atoms with van der Waals surface area (Å²) in [4.78, 5) is 28.0. The third kappa shape index (κ3) is 8.41. The van der Waals surface area contributed by atoms with Gasteiger partial charge in [0.2, 0.25) is 21.8 Å². The molecule has 0 saturated heterocycles. The van der Waals surface area contributed by atoms with Crippen molar-refractivity contribution in [2.24, 2.45) is 0 Å². The molecule has 0 saturated carbocycles. The average molecular weight is 575 g/mol. The van der Waals surface area contributed by atoms with Crippen LogP contribution in [0.3, 0.4) is 0 Å². The maximum absolute atomic E-state index is 13.7. The van der Waals surface area contributed by atoms with E-state index in [1.165, 1.54) is 37.3 Å². The zero-order chi connectivity index (χ0) is 28.1. The second-order valence-electron chi connectivity index (χ2n) is 9.48. The summed E-state index contributed by atoms with van der Waals surface area (Å²) in [5.41, 5.74) is 0.202. The smallest absolute Gasteiger partial charge is 0.244 e. The van der Waals surface area contributed by atoms with Crippen molar-refractivity contribution in [3.63, 3.8) is 0 Å². The van der Waals surface area contributed by atoms with Crippen LogP contribution in [-0.4, -0.2) is 63.7 Å². The van der Waals surface area contributed by atoms with Crippen molar-refractivity contribution in [2.45, 2.75) is 45.8 Å². The van der Waals surface area contributed by atoms with E-state index in [4.69, 9.17) is 32.7 Å². The number of methoxy groups -OCH3 is 2. The van der Waals surface area contributed by atoms with Gasteiger partial charge in [0, 0.05) is 28.2 Å². The summed E-state index contributed by atoms with van der Waals surface area (Å²) < 4.78 is 37.0. The molecule has 37 heavy (non-hydrogen) atoms. The first-order valence-corrected chi connectivity index (χ1v) is 13.9. The quantitative estimate of drug-likeness (QED) is 0.458. The predicted molar refractivity (Wildman–Crippen MR) is 146 cm³/mol. The highest BCUT2D eigenvalue weighted by Crippen LogP contribution is 2.32. The van der Waals surface area contributed by atoms with Crippen LogP contribution in [0, 0.1) is 0 Å². The van der Waals surface area contributed by atoms with Gasteiger partial charge in [-0.1, -0.05) is 29.3 Å². The Morgan fingerprint density at radius 3 is 2.16 bits per heavy atom. The molecule has 2 rings (SSSR count). The lowest BCUT2D eigenvalue weighted by atomic mass is 10.1. The van der Waals surface area contributed by atoms with Gasteiger partial charge in [-0.05, 0) is 57.5 Å². The van der Waals surface area contributed by atoms with Gasteiger partial charge in [-0.2, -0.15) is 0 Å². The summed E-state index contributed by atoms with van der Waals surface area (Å²) in [6, 6.07) is 8.38. The number of halogens is 2. The maximum Gasteiger partial charge on any atom is 0.244 e. The summed E-state index contributed by atoms with van der Waals surface area (Å²) in [5.74, 6) is -0.313. The molecule has 0 fully saturated rings. The lowest BCUT2D eigenvalue weighted by Crippen LogP contribution is -2.54. The number of hydrogen-bond acceptors (Lipinski definition) is 6. The molecule has 9 nitrogen and oxygen atoms in total. The van der Waals surface area contributed by atoms with E-state index in [0.717, 1.165) is 10.6 Å². The van der Waals surface area contributed by atoms with Crippen LogP contribution in [0.25, 0.3) is 0 Å². The molecule has 2 amide bonds. The number of nitrogens with one attached hydrogen (secondary N) is 1. The molecule has 0 bridgehead atoms. The number of anilines is 1. The number of benzene rings is 2. The second-order valence-corrected chi connectivity index (χ2v) is 12.2. The van der Waals surface area contributed by atoms with E-state index >= 15 is 0 Å². The molecule has 0 aliphatic rings. The molecule has 0 spiro atoms. The molecule has 0 unspecified atom stereocenters. The van der Waals surface area contributed by atoms with E-state index in [-0.39, 0.29) is 12.2 Å². The molecule has 0 aromatic heterocycles. The van der Waals surface area contributed by atoms with Crippen molar-refractivity contribution in [2.75, 3.05) is 31.3 Å². The lowest BCUT2D eigenvalue weighted by Gasteiger charge is -2.33. The molecule has 204 valence electrons. The third-order valence-corrected chi connectivity index (χ3v) is 7.08. The van der Waals surface area contributed by atoms with Crippen molar-refractivity contribution < 1.29 is 27.5 Å². The number of sulfonamides is 1. The molecule has 12 heteroatoms. The Bertz CT molecular complexity index is 1250. The Hall–Kier alpha value is -2.69.